The Hall–Kier alpha value is -2.44. The summed E-state index contributed by atoms with van der Waals surface area (Å²) in [5.41, 5.74) is 11.5. The van der Waals surface area contributed by atoms with Gasteiger partial charge in [0.2, 0.25) is 5.89 Å². The molecule has 2 aromatic heterocycles. The first-order valence-corrected chi connectivity index (χ1v) is 4.43. The molecule has 0 saturated carbocycles. The van der Waals surface area contributed by atoms with Gasteiger partial charge in [-0.05, 0) is 6.92 Å². The molecule has 0 bridgehead atoms. The van der Waals surface area contributed by atoms with Gasteiger partial charge in [0, 0.05) is 0 Å². The highest BCUT2D eigenvalue weighted by Gasteiger charge is 2.16. The fourth-order valence-electron chi connectivity index (χ4n) is 1.26. The Kier molecular flexibility index (Phi) is 2.28. The third-order valence-electron chi connectivity index (χ3n) is 1.97. The number of hydrogen-bond acceptors (Lipinski definition) is 6. The number of aromatic nitrogens is 3. The zero-order valence-corrected chi connectivity index (χ0v) is 8.47. The van der Waals surface area contributed by atoms with E-state index in [0.29, 0.717) is 17.3 Å². The predicted molar refractivity (Wildman–Crippen MR) is 55.2 cm³/mol. The van der Waals surface area contributed by atoms with Crippen molar-refractivity contribution >= 4 is 11.7 Å². The van der Waals surface area contributed by atoms with Crippen LogP contribution >= 0.6 is 0 Å². The third-order valence-corrected chi connectivity index (χ3v) is 1.97. The number of primary amides is 1. The largest absolute Gasteiger partial charge is 0.443 e. The van der Waals surface area contributed by atoms with E-state index in [2.05, 4.69) is 15.0 Å². The van der Waals surface area contributed by atoms with E-state index in [1.54, 1.807) is 6.92 Å². The van der Waals surface area contributed by atoms with E-state index in [1.807, 2.05) is 0 Å². The Bertz CT molecular complexity index is 535. The molecule has 0 atom stereocenters. The lowest BCUT2D eigenvalue weighted by molar-refractivity contribution is 0.0996. The van der Waals surface area contributed by atoms with Crippen molar-refractivity contribution in [1.29, 1.82) is 0 Å². The summed E-state index contributed by atoms with van der Waals surface area (Å²) in [6.07, 6.45) is 2.89. The fourth-order valence-corrected chi connectivity index (χ4v) is 1.26. The molecule has 16 heavy (non-hydrogen) atoms. The first kappa shape index (κ1) is 10.1. The van der Waals surface area contributed by atoms with Crippen LogP contribution in [0.3, 0.4) is 0 Å². The summed E-state index contributed by atoms with van der Waals surface area (Å²) in [5, 5.41) is 0. The van der Waals surface area contributed by atoms with Crippen molar-refractivity contribution in [1.82, 2.24) is 15.0 Å². The molecule has 0 aliphatic rings. The van der Waals surface area contributed by atoms with Gasteiger partial charge in [-0.25, -0.2) is 15.0 Å². The molecule has 0 spiro atoms. The van der Waals surface area contributed by atoms with E-state index < -0.39 is 5.91 Å². The summed E-state index contributed by atoms with van der Waals surface area (Å²) >= 11 is 0. The maximum absolute atomic E-state index is 11.0. The van der Waals surface area contributed by atoms with Crippen LogP contribution < -0.4 is 11.5 Å². The van der Waals surface area contributed by atoms with Crippen molar-refractivity contribution in [2.24, 2.45) is 5.73 Å². The van der Waals surface area contributed by atoms with Gasteiger partial charge in [0.25, 0.3) is 5.91 Å². The van der Waals surface area contributed by atoms with E-state index in [9.17, 15) is 4.79 Å². The summed E-state index contributed by atoms with van der Waals surface area (Å²) in [4.78, 5) is 22.9. The van der Waals surface area contributed by atoms with Crippen molar-refractivity contribution in [2.45, 2.75) is 6.92 Å². The number of aryl methyl sites for hydroxylation is 1. The average molecular weight is 219 g/mol. The lowest BCUT2D eigenvalue weighted by atomic mass is 10.3. The van der Waals surface area contributed by atoms with Gasteiger partial charge < -0.3 is 15.9 Å². The summed E-state index contributed by atoms with van der Waals surface area (Å²) < 4.78 is 5.07. The van der Waals surface area contributed by atoms with Gasteiger partial charge in [-0.3, -0.25) is 4.79 Å². The van der Waals surface area contributed by atoms with Crippen LogP contribution in [0.2, 0.25) is 0 Å². The molecular formula is C9H9N5O2. The molecule has 0 radical (unpaired) electrons. The number of hydrogen-bond donors (Lipinski definition) is 2. The Balaban J connectivity index is 2.59. The van der Waals surface area contributed by atoms with E-state index in [4.69, 9.17) is 15.9 Å². The fraction of sp³-hybridized carbons (Fsp3) is 0.111. The maximum atomic E-state index is 11.0. The summed E-state index contributed by atoms with van der Waals surface area (Å²) in [7, 11) is 0. The molecule has 0 aliphatic heterocycles. The van der Waals surface area contributed by atoms with Crippen molar-refractivity contribution in [2.75, 3.05) is 5.73 Å². The minimum atomic E-state index is -0.716. The number of carbonyl (C=O) groups excluding carboxylic acids is 1. The van der Waals surface area contributed by atoms with E-state index >= 15 is 0 Å². The van der Waals surface area contributed by atoms with E-state index in [1.165, 1.54) is 12.5 Å². The molecular weight excluding hydrogens is 210 g/mol. The highest BCUT2D eigenvalue weighted by Crippen LogP contribution is 2.20. The number of amides is 1. The minimum Gasteiger partial charge on any atom is -0.443 e. The number of nitrogens with two attached hydrogens (primary N) is 2. The molecule has 7 nitrogen and oxygen atoms in total. The smallest absolute Gasteiger partial charge is 0.271 e. The molecule has 1 amide bonds. The number of oxazole rings is 1. The number of anilines is 1. The van der Waals surface area contributed by atoms with Crippen LogP contribution in [0, 0.1) is 6.92 Å². The summed E-state index contributed by atoms with van der Waals surface area (Å²) in [6, 6.07) is 0. The molecule has 2 rings (SSSR count). The van der Waals surface area contributed by atoms with Crippen LogP contribution in [-0.2, 0) is 0 Å². The number of carbonyl (C=O) groups is 1. The maximum Gasteiger partial charge on any atom is 0.271 e. The van der Waals surface area contributed by atoms with Crippen molar-refractivity contribution in [3.05, 3.63) is 23.8 Å². The second kappa shape index (κ2) is 3.61. The lowest BCUT2D eigenvalue weighted by Crippen LogP contribution is -2.18. The number of nitrogen functional groups attached to an aromatic ring is 1. The number of rotatable bonds is 2. The monoisotopic (exact) mass is 219 g/mol. The standard InChI is InChI=1S/C9H9N5O2/c1-4-5(9-12-2-3-16-9)14-7(10)6(13-4)8(11)15/h2-3H,1H3,(H2,10,14)(H2,11,15). The topological polar surface area (TPSA) is 121 Å². The van der Waals surface area contributed by atoms with Gasteiger partial charge in [0.05, 0.1) is 11.9 Å². The molecule has 0 unspecified atom stereocenters. The molecule has 0 aliphatic carbocycles. The molecule has 82 valence electrons. The average Bonchev–Trinajstić information content (AvgIpc) is 2.73. The Morgan fingerprint density at radius 1 is 1.44 bits per heavy atom. The van der Waals surface area contributed by atoms with Gasteiger partial charge in [0.15, 0.2) is 11.5 Å². The van der Waals surface area contributed by atoms with E-state index in [-0.39, 0.29) is 11.5 Å². The summed E-state index contributed by atoms with van der Waals surface area (Å²) in [5.74, 6) is -0.453. The highest BCUT2D eigenvalue weighted by molar-refractivity contribution is 5.95. The summed E-state index contributed by atoms with van der Waals surface area (Å²) in [6.45, 7) is 1.67. The van der Waals surface area contributed by atoms with Crippen LogP contribution in [0.1, 0.15) is 16.2 Å². The minimum absolute atomic E-state index is 0.0358. The predicted octanol–water partition coefficient (Wildman–Crippen LogP) is 0.121. The number of nitrogens with zero attached hydrogens (tertiary/aromatic N) is 3. The van der Waals surface area contributed by atoms with E-state index in [0.717, 1.165) is 0 Å². The normalized spacial score (nSPS) is 10.3. The Morgan fingerprint density at radius 2 is 2.19 bits per heavy atom. The van der Waals surface area contributed by atoms with Gasteiger partial charge >= 0.3 is 0 Å². The molecule has 7 heteroatoms. The van der Waals surface area contributed by atoms with Gasteiger partial charge in [0.1, 0.15) is 12.0 Å². The van der Waals surface area contributed by atoms with Crippen LogP contribution in [0.25, 0.3) is 11.6 Å². The molecule has 2 heterocycles. The quantitative estimate of drug-likeness (QED) is 0.739. The van der Waals surface area contributed by atoms with Crippen LogP contribution in [0.5, 0.6) is 0 Å². The van der Waals surface area contributed by atoms with Gasteiger partial charge in [-0.1, -0.05) is 0 Å². The third kappa shape index (κ3) is 1.58. The van der Waals surface area contributed by atoms with Crippen molar-refractivity contribution in [3.63, 3.8) is 0 Å². The van der Waals surface area contributed by atoms with Crippen LogP contribution in [-0.4, -0.2) is 20.9 Å². The Labute approximate surface area is 90.5 Å². The van der Waals surface area contributed by atoms with Gasteiger partial charge in [-0.15, -0.1) is 0 Å². The molecule has 0 saturated heterocycles. The zero-order chi connectivity index (χ0) is 11.7. The molecule has 4 N–H and O–H groups in total. The molecule has 2 aromatic rings. The first-order valence-electron chi connectivity index (χ1n) is 4.43. The van der Waals surface area contributed by atoms with Crippen molar-refractivity contribution < 1.29 is 9.21 Å². The molecule has 0 aromatic carbocycles. The van der Waals surface area contributed by atoms with Crippen LogP contribution in [0.4, 0.5) is 5.82 Å². The zero-order valence-electron chi connectivity index (χ0n) is 8.47. The first-order chi connectivity index (χ1) is 7.59. The highest BCUT2D eigenvalue weighted by atomic mass is 16.3. The second-order valence-electron chi connectivity index (χ2n) is 3.09. The Morgan fingerprint density at radius 3 is 2.75 bits per heavy atom. The lowest BCUT2D eigenvalue weighted by Gasteiger charge is -2.04. The van der Waals surface area contributed by atoms with Crippen molar-refractivity contribution in [3.8, 4) is 11.6 Å². The van der Waals surface area contributed by atoms with Gasteiger partial charge in [-0.2, -0.15) is 0 Å². The molecule has 0 fully saturated rings. The van der Waals surface area contributed by atoms with Crippen LogP contribution in [0.15, 0.2) is 16.9 Å². The second-order valence-corrected chi connectivity index (χ2v) is 3.09. The SMILES string of the molecule is Cc1nc(C(N)=O)c(N)nc1-c1ncco1.